The normalized spacial score (nSPS) is 14.7. The second-order valence-electron chi connectivity index (χ2n) is 7.24. The number of halogens is 3. The molecule has 0 atom stereocenters. The number of benzene rings is 2. The fourth-order valence-electron chi connectivity index (χ4n) is 3.43. The molecule has 0 spiro atoms. The largest absolute Gasteiger partial charge is 0.379 e. The molecule has 170 valence electrons. The fraction of sp³-hybridized carbons (Fsp3) is 0.435. The van der Waals surface area contributed by atoms with Gasteiger partial charge in [0.1, 0.15) is 0 Å². The third-order valence-electron chi connectivity index (χ3n) is 5.09. The molecule has 0 aromatic heterocycles. The predicted octanol–water partition coefficient (Wildman–Crippen LogP) is 3.71. The number of hydrogen-bond donors (Lipinski definition) is 2. The average Bonchev–Trinajstić information content (AvgIpc) is 2.76. The molecule has 1 aliphatic rings. The van der Waals surface area contributed by atoms with Gasteiger partial charge in [0.05, 0.1) is 19.8 Å². The van der Waals surface area contributed by atoms with Crippen LogP contribution in [0.2, 0.25) is 0 Å². The molecule has 0 radical (unpaired) electrons. The summed E-state index contributed by atoms with van der Waals surface area (Å²) in [6, 6.07) is 12.6. The average molecular weight is 544 g/mol. The summed E-state index contributed by atoms with van der Waals surface area (Å²) in [5.74, 6) is -0.932. The lowest BCUT2D eigenvalue weighted by Gasteiger charge is -2.27. The van der Waals surface area contributed by atoms with Gasteiger partial charge in [0, 0.05) is 32.7 Å². The molecule has 2 aromatic carbocycles. The van der Waals surface area contributed by atoms with E-state index in [0.29, 0.717) is 31.0 Å². The molecule has 0 unspecified atom stereocenters. The van der Waals surface area contributed by atoms with Crippen LogP contribution >= 0.6 is 24.0 Å². The van der Waals surface area contributed by atoms with E-state index in [1.54, 1.807) is 6.07 Å². The SMILES string of the molecule is CCNC(=NCc1ccccc1CN1CCOCC1)NCCc1cccc(F)c1F.I. The molecule has 1 saturated heterocycles. The molecule has 1 fully saturated rings. The van der Waals surface area contributed by atoms with Crippen LogP contribution in [0.5, 0.6) is 0 Å². The van der Waals surface area contributed by atoms with E-state index >= 15 is 0 Å². The summed E-state index contributed by atoms with van der Waals surface area (Å²) in [5.41, 5.74) is 2.80. The zero-order chi connectivity index (χ0) is 21.2. The van der Waals surface area contributed by atoms with Crippen LogP contribution in [0.3, 0.4) is 0 Å². The molecule has 3 rings (SSSR count). The molecule has 0 aliphatic carbocycles. The zero-order valence-corrected chi connectivity index (χ0v) is 20.2. The van der Waals surface area contributed by atoms with Gasteiger partial charge in [0.15, 0.2) is 17.6 Å². The quantitative estimate of drug-likeness (QED) is 0.303. The first kappa shape index (κ1) is 25.5. The van der Waals surface area contributed by atoms with Crippen molar-refractivity contribution in [1.29, 1.82) is 0 Å². The van der Waals surface area contributed by atoms with Gasteiger partial charge in [-0.3, -0.25) is 4.90 Å². The molecular formula is C23H31F2IN4O. The Morgan fingerprint density at radius 1 is 1.00 bits per heavy atom. The predicted molar refractivity (Wildman–Crippen MR) is 131 cm³/mol. The standard InChI is InChI=1S/C23H30F2N4O.HI/c1-2-26-23(27-11-10-18-8-5-9-21(24)22(18)25)28-16-19-6-3-4-7-20(19)17-29-12-14-30-15-13-29;/h3-9H,2,10-17H2,1H3,(H2,26,27,28);1H. The van der Waals surface area contributed by atoms with Gasteiger partial charge < -0.3 is 15.4 Å². The van der Waals surface area contributed by atoms with E-state index in [-0.39, 0.29) is 24.0 Å². The van der Waals surface area contributed by atoms with Crippen molar-refractivity contribution in [2.45, 2.75) is 26.4 Å². The first-order chi connectivity index (χ1) is 14.7. The van der Waals surface area contributed by atoms with Crippen LogP contribution in [0.25, 0.3) is 0 Å². The summed E-state index contributed by atoms with van der Waals surface area (Å²) in [4.78, 5) is 7.08. The highest BCUT2D eigenvalue weighted by molar-refractivity contribution is 14.0. The lowest BCUT2D eigenvalue weighted by atomic mass is 10.1. The first-order valence-electron chi connectivity index (χ1n) is 10.5. The van der Waals surface area contributed by atoms with Crippen LogP contribution < -0.4 is 10.6 Å². The number of hydrogen-bond acceptors (Lipinski definition) is 3. The minimum absolute atomic E-state index is 0. The monoisotopic (exact) mass is 544 g/mol. The maximum atomic E-state index is 13.8. The van der Waals surface area contributed by atoms with Crippen LogP contribution in [0, 0.1) is 11.6 Å². The Bertz CT molecular complexity index is 844. The second kappa shape index (κ2) is 13.6. The van der Waals surface area contributed by atoms with Gasteiger partial charge in [0.2, 0.25) is 0 Å². The van der Waals surface area contributed by atoms with Gasteiger partial charge in [0.25, 0.3) is 0 Å². The second-order valence-corrected chi connectivity index (χ2v) is 7.24. The Balaban J connectivity index is 0.00000341. The molecule has 0 amide bonds. The molecule has 5 nitrogen and oxygen atoms in total. The van der Waals surface area contributed by atoms with Crippen LogP contribution in [-0.4, -0.2) is 50.3 Å². The molecule has 1 heterocycles. The van der Waals surface area contributed by atoms with E-state index in [1.165, 1.54) is 17.2 Å². The maximum absolute atomic E-state index is 13.8. The molecular weight excluding hydrogens is 513 g/mol. The Morgan fingerprint density at radius 3 is 2.45 bits per heavy atom. The van der Waals surface area contributed by atoms with E-state index in [9.17, 15) is 8.78 Å². The molecule has 2 N–H and O–H groups in total. The van der Waals surface area contributed by atoms with Crippen LogP contribution in [0.15, 0.2) is 47.5 Å². The Hall–Kier alpha value is -1.78. The minimum atomic E-state index is -0.815. The maximum Gasteiger partial charge on any atom is 0.191 e. The lowest BCUT2D eigenvalue weighted by Crippen LogP contribution is -2.38. The highest BCUT2D eigenvalue weighted by Crippen LogP contribution is 2.14. The topological polar surface area (TPSA) is 48.9 Å². The van der Waals surface area contributed by atoms with Crippen molar-refractivity contribution in [1.82, 2.24) is 15.5 Å². The highest BCUT2D eigenvalue weighted by Gasteiger charge is 2.13. The van der Waals surface area contributed by atoms with Gasteiger partial charge in [-0.25, -0.2) is 13.8 Å². The smallest absolute Gasteiger partial charge is 0.191 e. The number of nitrogens with zero attached hydrogens (tertiary/aromatic N) is 2. The summed E-state index contributed by atoms with van der Waals surface area (Å²) < 4.78 is 32.6. The van der Waals surface area contributed by atoms with Gasteiger partial charge in [-0.2, -0.15) is 0 Å². The number of aliphatic imine (C=N–C) groups is 1. The highest BCUT2D eigenvalue weighted by atomic mass is 127. The number of ether oxygens (including phenoxy) is 1. The number of morpholine rings is 1. The summed E-state index contributed by atoms with van der Waals surface area (Å²) in [5, 5.41) is 6.42. The van der Waals surface area contributed by atoms with Gasteiger partial charge in [-0.15, -0.1) is 24.0 Å². The van der Waals surface area contributed by atoms with Crippen LogP contribution in [0.4, 0.5) is 8.78 Å². The van der Waals surface area contributed by atoms with E-state index in [0.717, 1.165) is 45.5 Å². The summed E-state index contributed by atoms with van der Waals surface area (Å²) >= 11 is 0. The molecule has 8 heteroatoms. The van der Waals surface area contributed by atoms with Crippen molar-refractivity contribution >= 4 is 29.9 Å². The van der Waals surface area contributed by atoms with Crippen molar-refractivity contribution in [3.8, 4) is 0 Å². The Morgan fingerprint density at radius 2 is 1.71 bits per heavy atom. The fourth-order valence-corrected chi connectivity index (χ4v) is 3.43. The van der Waals surface area contributed by atoms with E-state index in [2.05, 4.69) is 33.7 Å². The Labute approximate surface area is 200 Å². The van der Waals surface area contributed by atoms with Crippen molar-refractivity contribution in [3.05, 3.63) is 70.8 Å². The van der Waals surface area contributed by atoms with Gasteiger partial charge in [-0.1, -0.05) is 36.4 Å². The third kappa shape index (κ3) is 8.01. The number of rotatable bonds is 8. The van der Waals surface area contributed by atoms with E-state index in [1.807, 2.05) is 13.0 Å². The summed E-state index contributed by atoms with van der Waals surface area (Å²) in [6.07, 6.45) is 0.377. The lowest BCUT2D eigenvalue weighted by molar-refractivity contribution is 0.0341. The van der Waals surface area contributed by atoms with Crippen molar-refractivity contribution < 1.29 is 13.5 Å². The van der Waals surface area contributed by atoms with E-state index < -0.39 is 11.6 Å². The molecule has 31 heavy (non-hydrogen) atoms. The molecule has 0 saturated carbocycles. The van der Waals surface area contributed by atoms with Crippen molar-refractivity contribution in [3.63, 3.8) is 0 Å². The third-order valence-corrected chi connectivity index (χ3v) is 5.09. The van der Waals surface area contributed by atoms with Crippen LogP contribution in [0.1, 0.15) is 23.6 Å². The number of nitrogens with one attached hydrogen (secondary N) is 2. The Kier molecular flexibility index (Phi) is 11.2. The van der Waals surface area contributed by atoms with Crippen molar-refractivity contribution in [2.24, 2.45) is 4.99 Å². The first-order valence-corrected chi connectivity index (χ1v) is 10.5. The summed E-state index contributed by atoms with van der Waals surface area (Å²) in [7, 11) is 0. The van der Waals surface area contributed by atoms with Crippen molar-refractivity contribution in [2.75, 3.05) is 39.4 Å². The molecule has 0 bridgehead atoms. The number of guanidine groups is 1. The summed E-state index contributed by atoms with van der Waals surface area (Å²) in [6.45, 7) is 8.05. The van der Waals surface area contributed by atoms with Gasteiger partial charge >= 0.3 is 0 Å². The molecule has 2 aromatic rings. The van der Waals surface area contributed by atoms with E-state index in [4.69, 9.17) is 9.73 Å². The minimum Gasteiger partial charge on any atom is -0.379 e. The van der Waals surface area contributed by atoms with Gasteiger partial charge in [-0.05, 0) is 36.1 Å². The van der Waals surface area contributed by atoms with Crippen LogP contribution in [-0.2, 0) is 24.2 Å². The zero-order valence-electron chi connectivity index (χ0n) is 17.9. The molecule has 1 aliphatic heterocycles.